The molecule has 1 saturated carbocycles. The fourth-order valence-electron chi connectivity index (χ4n) is 1.77. The average Bonchev–Trinajstić information content (AvgIpc) is 2.96. The fraction of sp³-hybridized carbons (Fsp3) is 0.500. The molecule has 0 bridgehead atoms. The van der Waals surface area contributed by atoms with Gasteiger partial charge < -0.3 is 15.7 Å². The van der Waals surface area contributed by atoms with Gasteiger partial charge in [0.1, 0.15) is 5.82 Å². The van der Waals surface area contributed by atoms with Gasteiger partial charge in [-0.25, -0.2) is 0 Å². The molecule has 3 rings (SSSR count). The highest BCUT2D eigenvalue weighted by Gasteiger charge is 2.42. The van der Waals surface area contributed by atoms with Gasteiger partial charge in [-0.05, 0) is 12.8 Å². The minimum atomic E-state index is -0.205. The summed E-state index contributed by atoms with van der Waals surface area (Å²) in [5.74, 6) is 1.23. The molecule has 7 nitrogen and oxygen atoms in total. The van der Waals surface area contributed by atoms with Crippen LogP contribution >= 0.6 is 0 Å². The van der Waals surface area contributed by atoms with Gasteiger partial charge in [-0.2, -0.15) is 15.1 Å². The van der Waals surface area contributed by atoms with Crippen LogP contribution in [-0.2, 0) is 0 Å². The fourth-order valence-corrected chi connectivity index (χ4v) is 1.77. The minimum Gasteiger partial charge on any atom is -0.394 e. The first-order valence-electron chi connectivity index (χ1n) is 5.54. The van der Waals surface area contributed by atoms with Crippen molar-refractivity contribution in [1.29, 1.82) is 0 Å². The highest BCUT2D eigenvalue weighted by molar-refractivity contribution is 5.87. The van der Waals surface area contributed by atoms with Gasteiger partial charge in [0.15, 0.2) is 5.65 Å². The van der Waals surface area contributed by atoms with Gasteiger partial charge in [0.05, 0.1) is 23.7 Å². The number of nitrogens with zero attached hydrogens (tertiary/aromatic N) is 3. The van der Waals surface area contributed by atoms with Gasteiger partial charge >= 0.3 is 0 Å². The summed E-state index contributed by atoms with van der Waals surface area (Å²) in [6, 6.07) is 0. The maximum absolute atomic E-state index is 9.32. The van der Waals surface area contributed by atoms with Crippen LogP contribution in [0.3, 0.4) is 0 Å². The van der Waals surface area contributed by atoms with E-state index in [-0.39, 0.29) is 12.1 Å². The number of hydrogen-bond donors (Lipinski definition) is 4. The number of aliphatic hydroxyl groups excluding tert-OH is 1. The Morgan fingerprint density at radius 3 is 2.94 bits per heavy atom. The van der Waals surface area contributed by atoms with Crippen LogP contribution in [0.25, 0.3) is 11.0 Å². The summed E-state index contributed by atoms with van der Waals surface area (Å²) in [5, 5.41) is 23.1. The Morgan fingerprint density at radius 2 is 2.29 bits per heavy atom. The van der Waals surface area contributed by atoms with Crippen LogP contribution in [-0.4, -0.2) is 44.5 Å². The van der Waals surface area contributed by atoms with Crippen molar-refractivity contribution in [2.75, 3.05) is 24.3 Å². The zero-order valence-corrected chi connectivity index (χ0v) is 9.49. The van der Waals surface area contributed by atoms with Crippen molar-refractivity contribution in [1.82, 2.24) is 20.2 Å². The lowest BCUT2D eigenvalue weighted by Gasteiger charge is -2.15. The van der Waals surface area contributed by atoms with Crippen LogP contribution in [0.5, 0.6) is 0 Å². The van der Waals surface area contributed by atoms with E-state index in [1.807, 2.05) is 0 Å². The zero-order valence-electron chi connectivity index (χ0n) is 9.49. The third-order valence-corrected chi connectivity index (χ3v) is 3.07. The largest absolute Gasteiger partial charge is 0.394 e. The van der Waals surface area contributed by atoms with E-state index in [0.717, 1.165) is 18.2 Å². The van der Waals surface area contributed by atoms with Gasteiger partial charge in [0, 0.05) is 7.05 Å². The lowest BCUT2D eigenvalue weighted by molar-refractivity contribution is 0.266. The highest BCUT2D eigenvalue weighted by Crippen LogP contribution is 2.39. The van der Waals surface area contributed by atoms with Gasteiger partial charge in [-0.15, -0.1) is 0 Å². The Labute approximate surface area is 97.7 Å². The van der Waals surface area contributed by atoms with Crippen molar-refractivity contribution in [3.05, 3.63) is 6.20 Å². The van der Waals surface area contributed by atoms with Crippen molar-refractivity contribution in [2.45, 2.75) is 18.4 Å². The van der Waals surface area contributed by atoms with Crippen molar-refractivity contribution < 1.29 is 5.11 Å². The van der Waals surface area contributed by atoms with Crippen LogP contribution in [0, 0.1) is 0 Å². The van der Waals surface area contributed by atoms with E-state index in [9.17, 15) is 5.11 Å². The lowest BCUT2D eigenvalue weighted by atomic mass is 10.2. The molecule has 7 heteroatoms. The Morgan fingerprint density at radius 1 is 1.47 bits per heavy atom. The van der Waals surface area contributed by atoms with Crippen molar-refractivity contribution >= 4 is 22.8 Å². The summed E-state index contributed by atoms with van der Waals surface area (Å²) in [5.41, 5.74) is 0.476. The SMILES string of the molecule is CNc1nc(NC2(CO)CC2)c2cn[nH]c2n1. The summed E-state index contributed by atoms with van der Waals surface area (Å²) in [6.45, 7) is 0.116. The molecule has 1 aliphatic rings. The smallest absolute Gasteiger partial charge is 0.226 e. The molecule has 90 valence electrons. The van der Waals surface area contributed by atoms with Crippen molar-refractivity contribution in [3.8, 4) is 0 Å². The van der Waals surface area contributed by atoms with Gasteiger partial charge in [-0.3, -0.25) is 5.10 Å². The van der Waals surface area contributed by atoms with E-state index in [1.165, 1.54) is 0 Å². The summed E-state index contributed by atoms with van der Waals surface area (Å²) < 4.78 is 0. The number of aromatic amines is 1. The number of nitrogens with one attached hydrogen (secondary N) is 3. The number of H-pyrrole nitrogens is 1. The second kappa shape index (κ2) is 3.56. The second-order valence-electron chi connectivity index (χ2n) is 4.34. The van der Waals surface area contributed by atoms with E-state index >= 15 is 0 Å². The number of aliphatic hydroxyl groups is 1. The minimum absolute atomic E-state index is 0.116. The zero-order chi connectivity index (χ0) is 11.9. The molecule has 0 aromatic carbocycles. The number of fused-ring (bicyclic) bond motifs is 1. The maximum atomic E-state index is 9.32. The third-order valence-electron chi connectivity index (χ3n) is 3.07. The Kier molecular flexibility index (Phi) is 2.15. The van der Waals surface area contributed by atoms with E-state index in [1.54, 1.807) is 13.2 Å². The van der Waals surface area contributed by atoms with E-state index < -0.39 is 0 Å². The summed E-state index contributed by atoms with van der Waals surface area (Å²) in [4.78, 5) is 8.61. The molecule has 0 atom stereocenters. The molecule has 1 fully saturated rings. The molecule has 0 saturated heterocycles. The first-order chi connectivity index (χ1) is 8.26. The summed E-state index contributed by atoms with van der Waals surface area (Å²) in [7, 11) is 1.76. The first kappa shape index (κ1) is 10.3. The Balaban J connectivity index is 2.04. The molecular weight excluding hydrogens is 220 g/mol. The summed E-state index contributed by atoms with van der Waals surface area (Å²) >= 11 is 0. The van der Waals surface area contributed by atoms with E-state index in [4.69, 9.17) is 0 Å². The first-order valence-corrected chi connectivity index (χ1v) is 5.54. The second-order valence-corrected chi connectivity index (χ2v) is 4.34. The molecule has 1 aliphatic carbocycles. The van der Waals surface area contributed by atoms with Crippen LogP contribution in [0.15, 0.2) is 6.20 Å². The van der Waals surface area contributed by atoms with Crippen LogP contribution in [0.2, 0.25) is 0 Å². The lowest BCUT2D eigenvalue weighted by Crippen LogP contribution is -2.26. The van der Waals surface area contributed by atoms with Gasteiger partial charge in [0.25, 0.3) is 0 Å². The van der Waals surface area contributed by atoms with E-state index in [0.29, 0.717) is 17.4 Å². The van der Waals surface area contributed by atoms with E-state index in [2.05, 4.69) is 30.8 Å². The summed E-state index contributed by atoms with van der Waals surface area (Å²) in [6.07, 6.45) is 3.61. The van der Waals surface area contributed by atoms with Crippen molar-refractivity contribution in [2.24, 2.45) is 0 Å². The van der Waals surface area contributed by atoms with Gasteiger partial charge in [-0.1, -0.05) is 0 Å². The number of aromatic nitrogens is 4. The molecule has 2 aromatic heterocycles. The third kappa shape index (κ3) is 1.68. The quantitative estimate of drug-likeness (QED) is 0.608. The standard InChI is InChI=1S/C10H14N6O/c1-11-9-13-7(15-10(5-17)2-3-10)6-4-12-16-8(6)14-9/h4,17H,2-3,5H2,1H3,(H3,11,12,13,14,15,16). The van der Waals surface area contributed by atoms with Gasteiger partial charge in [0.2, 0.25) is 5.95 Å². The maximum Gasteiger partial charge on any atom is 0.226 e. The Hall–Kier alpha value is -1.89. The average molecular weight is 234 g/mol. The Bertz CT molecular complexity index is 547. The predicted molar refractivity (Wildman–Crippen MR) is 63.9 cm³/mol. The topological polar surface area (TPSA) is 98.8 Å². The number of hydrogen-bond acceptors (Lipinski definition) is 6. The molecule has 4 N–H and O–H groups in total. The normalized spacial score (nSPS) is 17.1. The van der Waals surface area contributed by atoms with Crippen LogP contribution in [0.4, 0.5) is 11.8 Å². The molecule has 0 amide bonds. The molecule has 0 spiro atoms. The number of anilines is 2. The van der Waals surface area contributed by atoms with Crippen LogP contribution in [0.1, 0.15) is 12.8 Å². The molecule has 0 radical (unpaired) electrons. The van der Waals surface area contributed by atoms with Crippen LogP contribution < -0.4 is 10.6 Å². The van der Waals surface area contributed by atoms with Crippen molar-refractivity contribution in [3.63, 3.8) is 0 Å². The molecule has 0 aliphatic heterocycles. The number of rotatable bonds is 4. The highest BCUT2D eigenvalue weighted by atomic mass is 16.3. The predicted octanol–water partition coefficient (Wildman–Crippen LogP) is 0.331. The monoisotopic (exact) mass is 234 g/mol. The molecule has 2 aromatic rings. The molecule has 2 heterocycles. The molecule has 17 heavy (non-hydrogen) atoms. The molecule has 0 unspecified atom stereocenters. The molecular formula is C10H14N6O.